The molecule has 1 rings (SSSR count). The highest BCUT2D eigenvalue weighted by molar-refractivity contribution is 4.62. The largest absolute Gasteiger partial charge is 0.379 e. The van der Waals surface area contributed by atoms with E-state index in [4.69, 9.17) is 4.74 Å². The third-order valence-corrected chi connectivity index (χ3v) is 1.56. The first-order chi connectivity index (χ1) is 5.34. The number of alkyl halides is 1. The number of hydrogen-bond acceptors (Lipinski definition) is 4. The summed E-state index contributed by atoms with van der Waals surface area (Å²) >= 11 is 0. The predicted octanol–water partition coefficient (Wildman–Crippen LogP) is 0.654. The quantitative estimate of drug-likeness (QED) is 0.440. The van der Waals surface area contributed by atoms with Crippen molar-refractivity contribution in [2.45, 2.75) is 6.42 Å². The third-order valence-electron chi connectivity index (χ3n) is 1.56. The van der Waals surface area contributed by atoms with Gasteiger partial charge in [-0.25, -0.2) is 9.29 Å². The number of morpholine rings is 1. The second kappa shape index (κ2) is 4.35. The van der Waals surface area contributed by atoms with Crippen molar-refractivity contribution in [3.63, 3.8) is 0 Å². The molecule has 5 heteroatoms. The lowest BCUT2D eigenvalue weighted by Gasteiger charge is -2.26. The zero-order valence-corrected chi connectivity index (χ0v) is 6.53. The fourth-order valence-corrected chi connectivity index (χ4v) is 0.959. The van der Waals surface area contributed by atoms with E-state index in [1.54, 1.807) is 4.90 Å². The van der Waals surface area contributed by atoms with Crippen molar-refractivity contribution in [1.29, 1.82) is 0 Å². The Morgan fingerprint density at radius 2 is 2.09 bits per heavy atom. The fourth-order valence-electron chi connectivity index (χ4n) is 0.959. The first kappa shape index (κ1) is 8.55. The number of nitrogens with zero attached hydrogens (tertiary/aromatic N) is 3. The number of hydrogen-bond donors (Lipinski definition) is 0. The van der Waals surface area contributed by atoms with Gasteiger partial charge in [-0.05, 0) is 0 Å². The second-order valence-electron chi connectivity index (χ2n) is 2.27. The highest BCUT2D eigenvalue weighted by Crippen LogP contribution is 2.05. The van der Waals surface area contributed by atoms with Crippen LogP contribution in [0, 0.1) is 0 Å². The number of rotatable bonds is 2. The molecule has 1 unspecified atom stereocenters. The van der Waals surface area contributed by atoms with E-state index >= 15 is 0 Å². The van der Waals surface area contributed by atoms with Gasteiger partial charge in [-0.3, -0.25) is 0 Å². The molecule has 1 heterocycles. The molecule has 1 saturated heterocycles. The molecular weight excluding hydrogens is 149 g/mol. The fraction of sp³-hybridized carbons (Fsp3) is 1.00. The van der Waals surface area contributed by atoms with Crippen molar-refractivity contribution in [3.05, 3.63) is 0 Å². The van der Waals surface area contributed by atoms with Crippen LogP contribution < -0.4 is 0 Å². The van der Waals surface area contributed by atoms with E-state index in [-0.39, 0.29) is 0 Å². The summed E-state index contributed by atoms with van der Waals surface area (Å²) in [7, 11) is 1.47. The normalized spacial score (nSPS) is 24.2. The summed E-state index contributed by atoms with van der Waals surface area (Å²) in [6.07, 6.45) is -1.29. The summed E-state index contributed by atoms with van der Waals surface area (Å²) in [4.78, 5) is 1.59. The smallest absolute Gasteiger partial charge is 0.265 e. The minimum absolute atomic E-state index is 0.583. The van der Waals surface area contributed by atoms with Crippen molar-refractivity contribution in [2.24, 2.45) is 10.2 Å². The average Bonchev–Trinajstić information content (AvgIpc) is 2.07. The van der Waals surface area contributed by atoms with Crippen LogP contribution in [0.1, 0.15) is 0 Å². The minimum Gasteiger partial charge on any atom is -0.379 e. The maximum atomic E-state index is 12.9. The molecule has 0 amide bonds. The topological polar surface area (TPSA) is 37.2 Å². The maximum Gasteiger partial charge on any atom is 0.265 e. The summed E-state index contributed by atoms with van der Waals surface area (Å²) in [5, 5.41) is 6.76. The van der Waals surface area contributed by atoms with Crippen LogP contribution in [0.15, 0.2) is 10.2 Å². The first-order valence-corrected chi connectivity index (χ1v) is 3.59. The van der Waals surface area contributed by atoms with E-state index in [1.165, 1.54) is 7.05 Å². The summed E-state index contributed by atoms with van der Waals surface area (Å²) in [5.41, 5.74) is 0. The zero-order valence-electron chi connectivity index (χ0n) is 6.53. The lowest BCUT2D eigenvalue weighted by atomic mass is 10.4. The summed E-state index contributed by atoms with van der Waals surface area (Å²) in [5.74, 6) is 0. The van der Waals surface area contributed by atoms with Gasteiger partial charge in [-0.2, -0.15) is 5.11 Å². The van der Waals surface area contributed by atoms with E-state index in [0.29, 0.717) is 26.3 Å². The van der Waals surface area contributed by atoms with Gasteiger partial charge in [-0.15, -0.1) is 5.11 Å². The molecule has 0 radical (unpaired) electrons. The molecule has 1 atom stereocenters. The molecule has 0 spiro atoms. The average molecular weight is 161 g/mol. The molecule has 64 valence electrons. The molecule has 11 heavy (non-hydrogen) atoms. The molecule has 0 aromatic carbocycles. The Hall–Kier alpha value is -0.550. The van der Waals surface area contributed by atoms with E-state index in [0.717, 1.165) is 0 Å². The van der Waals surface area contributed by atoms with Crippen LogP contribution in [0.4, 0.5) is 4.39 Å². The molecule has 0 aliphatic carbocycles. The second-order valence-corrected chi connectivity index (χ2v) is 2.27. The summed E-state index contributed by atoms with van der Waals surface area (Å²) in [6.45, 7) is 2.36. The van der Waals surface area contributed by atoms with Gasteiger partial charge in [0.05, 0.1) is 13.2 Å². The zero-order chi connectivity index (χ0) is 8.10. The van der Waals surface area contributed by atoms with Gasteiger partial charge in [-0.1, -0.05) is 0 Å². The van der Waals surface area contributed by atoms with Crippen molar-refractivity contribution in [1.82, 2.24) is 4.90 Å². The van der Waals surface area contributed by atoms with Crippen LogP contribution in [0.2, 0.25) is 0 Å². The Morgan fingerprint density at radius 1 is 1.45 bits per heavy atom. The van der Waals surface area contributed by atoms with E-state index in [2.05, 4.69) is 10.2 Å². The van der Waals surface area contributed by atoms with Gasteiger partial charge in [0, 0.05) is 20.1 Å². The van der Waals surface area contributed by atoms with E-state index in [9.17, 15) is 4.39 Å². The van der Waals surface area contributed by atoms with Gasteiger partial charge >= 0.3 is 0 Å². The molecule has 0 N–H and O–H groups in total. The molecule has 0 saturated carbocycles. The van der Waals surface area contributed by atoms with Crippen LogP contribution in [0.5, 0.6) is 0 Å². The summed E-state index contributed by atoms with van der Waals surface area (Å²) < 4.78 is 17.9. The van der Waals surface area contributed by atoms with Gasteiger partial charge in [0.25, 0.3) is 6.42 Å². The first-order valence-electron chi connectivity index (χ1n) is 3.59. The SMILES string of the molecule is CN=NC(F)N1CCOCC1. The molecule has 0 aromatic rings. The van der Waals surface area contributed by atoms with Crippen LogP contribution in [0.3, 0.4) is 0 Å². The highest BCUT2D eigenvalue weighted by atomic mass is 19.1. The Morgan fingerprint density at radius 3 is 2.64 bits per heavy atom. The van der Waals surface area contributed by atoms with Gasteiger partial charge in [0.2, 0.25) is 0 Å². The molecule has 0 bridgehead atoms. The molecule has 1 fully saturated rings. The molecule has 4 nitrogen and oxygen atoms in total. The Bertz CT molecular complexity index is 136. The predicted molar refractivity (Wildman–Crippen MR) is 38.1 cm³/mol. The van der Waals surface area contributed by atoms with Crippen LogP contribution in [-0.4, -0.2) is 44.7 Å². The molecule has 1 aliphatic rings. The van der Waals surface area contributed by atoms with Crippen LogP contribution >= 0.6 is 0 Å². The van der Waals surface area contributed by atoms with Crippen molar-refractivity contribution < 1.29 is 9.13 Å². The lowest BCUT2D eigenvalue weighted by molar-refractivity contribution is -0.0195. The minimum atomic E-state index is -1.29. The van der Waals surface area contributed by atoms with Crippen LogP contribution in [-0.2, 0) is 4.74 Å². The molecule has 0 aromatic heterocycles. The Labute approximate surface area is 65.0 Å². The van der Waals surface area contributed by atoms with Crippen molar-refractivity contribution in [2.75, 3.05) is 33.4 Å². The molecular formula is C6H12FN3O. The summed E-state index contributed by atoms with van der Waals surface area (Å²) in [6, 6.07) is 0. The van der Waals surface area contributed by atoms with Crippen molar-refractivity contribution >= 4 is 0 Å². The third kappa shape index (κ3) is 2.51. The van der Waals surface area contributed by atoms with Crippen LogP contribution in [0.25, 0.3) is 0 Å². The van der Waals surface area contributed by atoms with E-state index in [1.807, 2.05) is 0 Å². The lowest BCUT2D eigenvalue weighted by Crippen LogP contribution is -2.40. The van der Waals surface area contributed by atoms with Gasteiger partial charge in [0.15, 0.2) is 0 Å². The van der Waals surface area contributed by atoms with Crippen molar-refractivity contribution in [3.8, 4) is 0 Å². The Kier molecular flexibility index (Phi) is 3.38. The standard InChI is InChI=1S/C6H12FN3O/c1-8-9-6(7)10-2-4-11-5-3-10/h6H,2-5H2,1H3. The van der Waals surface area contributed by atoms with Gasteiger partial charge in [0.1, 0.15) is 0 Å². The monoisotopic (exact) mass is 161 g/mol. The number of azo groups is 1. The highest BCUT2D eigenvalue weighted by Gasteiger charge is 2.18. The number of ether oxygens (including phenoxy) is 1. The maximum absolute atomic E-state index is 12.9. The molecule has 1 aliphatic heterocycles. The van der Waals surface area contributed by atoms with E-state index < -0.39 is 6.42 Å². The van der Waals surface area contributed by atoms with Gasteiger partial charge < -0.3 is 4.74 Å². The Balaban J connectivity index is 2.32. The number of halogens is 1.